The van der Waals surface area contributed by atoms with E-state index < -0.39 is 0 Å². The van der Waals surface area contributed by atoms with Crippen molar-refractivity contribution in [1.82, 2.24) is 19.9 Å². The van der Waals surface area contributed by atoms with Gasteiger partial charge >= 0.3 is 0 Å². The van der Waals surface area contributed by atoms with Crippen molar-refractivity contribution in [2.45, 2.75) is 0 Å². The summed E-state index contributed by atoms with van der Waals surface area (Å²) in [4.78, 5) is 17.9. The molecule has 3 aromatic heterocycles. The third kappa shape index (κ3) is 6.15. The molecule has 0 spiro atoms. The maximum absolute atomic E-state index is 5.42. The average Bonchev–Trinajstić information content (AvgIpc) is 3.94. The predicted molar refractivity (Wildman–Crippen MR) is 207 cm³/mol. The Bertz CT molecular complexity index is 2540. The Morgan fingerprint density at radius 2 is 0.900 bits per heavy atom. The first-order valence-electron chi connectivity index (χ1n) is 16.2. The van der Waals surface area contributed by atoms with Gasteiger partial charge in [0.05, 0.1) is 28.3 Å². The molecule has 7 aromatic rings. The quantitative estimate of drug-likeness (QED) is 0.192. The average molecular weight is 703 g/mol. The molecule has 0 radical (unpaired) electrons. The van der Waals surface area contributed by atoms with Gasteiger partial charge in [0.2, 0.25) is 0 Å². The number of hydrogen-bond donors (Lipinski definition) is 2. The molecule has 0 amide bonds. The molecule has 9 rings (SSSR count). The minimum absolute atomic E-state index is 0. The number of H-pyrrole nitrogens is 2. The van der Waals surface area contributed by atoms with E-state index in [0.717, 1.165) is 89.4 Å². The number of nitrogens with zero attached hydrogens (tertiary/aromatic N) is 2. The van der Waals surface area contributed by atoms with Crippen molar-refractivity contribution in [2.75, 3.05) is 0 Å². The molecule has 4 nitrogen and oxygen atoms in total. The van der Waals surface area contributed by atoms with Crippen LogP contribution in [0.2, 0.25) is 0 Å². The summed E-state index contributed by atoms with van der Waals surface area (Å²) in [6, 6.07) is 53.0. The van der Waals surface area contributed by atoms with Gasteiger partial charge in [-0.05, 0) is 70.8 Å². The normalized spacial score (nSPS) is 11.7. The molecule has 0 saturated heterocycles. The van der Waals surface area contributed by atoms with E-state index in [1.165, 1.54) is 0 Å². The van der Waals surface area contributed by atoms with Crippen molar-refractivity contribution in [3.63, 3.8) is 0 Å². The summed E-state index contributed by atoms with van der Waals surface area (Å²) < 4.78 is 0. The fourth-order valence-electron chi connectivity index (χ4n) is 6.78. The van der Waals surface area contributed by atoms with E-state index in [1.54, 1.807) is 0 Å². The van der Waals surface area contributed by atoms with Gasteiger partial charge in [-0.25, -0.2) is 9.97 Å². The zero-order valence-electron chi connectivity index (χ0n) is 26.9. The van der Waals surface area contributed by atoms with Crippen molar-refractivity contribution in [3.8, 4) is 33.4 Å². The van der Waals surface area contributed by atoms with E-state index in [-0.39, 0.29) is 29.8 Å². The zero-order valence-corrected chi connectivity index (χ0v) is 29.0. The Morgan fingerprint density at radius 1 is 0.420 bits per heavy atom. The van der Waals surface area contributed by atoms with Crippen LogP contribution in [0.15, 0.2) is 152 Å². The van der Waals surface area contributed by atoms with E-state index in [9.17, 15) is 0 Å². The number of hydrogen-bond acceptors (Lipinski definition) is 2. The zero-order chi connectivity index (χ0) is 31.9. The molecule has 0 saturated carbocycles. The van der Waals surface area contributed by atoms with Gasteiger partial charge in [0.25, 0.3) is 0 Å². The van der Waals surface area contributed by atoms with E-state index in [2.05, 4.69) is 180 Å². The van der Waals surface area contributed by atoms with E-state index in [0.29, 0.717) is 0 Å². The Kier molecular flexibility index (Phi) is 9.22. The molecule has 4 aromatic carbocycles. The second-order valence-corrected chi connectivity index (χ2v) is 12.0. The molecule has 2 N–H and O–H groups in total. The van der Waals surface area contributed by atoms with Crippen molar-refractivity contribution in [2.24, 2.45) is 0 Å². The SMILES string of the molecule is C1=Cc2cc3[nH]c(c(-c4ccccc4)c4nc(cc5ccc(cc1n2)[nH]5)C=C4c1ccccc1)c(-c1ccccc1)c3-c1ccccc1.Cl.[Cr]. The maximum atomic E-state index is 5.42. The summed E-state index contributed by atoms with van der Waals surface area (Å²) >= 11 is 0. The van der Waals surface area contributed by atoms with Gasteiger partial charge in [0, 0.05) is 56.2 Å². The summed E-state index contributed by atoms with van der Waals surface area (Å²) in [7, 11) is 0. The predicted octanol–water partition coefficient (Wildman–Crippen LogP) is 11.5. The summed E-state index contributed by atoms with van der Waals surface area (Å²) in [6.45, 7) is 0. The Morgan fingerprint density at radius 3 is 1.48 bits per heavy atom. The van der Waals surface area contributed by atoms with Crippen LogP contribution in [-0.2, 0) is 17.4 Å². The van der Waals surface area contributed by atoms with E-state index in [4.69, 9.17) is 9.97 Å². The van der Waals surface area contributed by atoms with Crippen LogP contribution in [-0.4, -0.2) is 19.9 Å². The van der Waals surface area contributed by atoms with Gasteiger partial charge in [-0.1, -0.05) is 121 Å². The third-order valence-electron chi connectivity index (χ3n) is 8.89. The standard InChI is InChI=1S/C44H30N4.ClH.Cr/c1-5-13-29(14-6-1)38-27-37-26-35-22-21-33(45-35)25-34-23-24-36(46-34)28-39-40(30-15-7-2-8-16-30)41(31-17-9-3-10-18-31)44(48-39)42(43(38)47-37)32-19-11-4-12-20-32;;/h1-28,45,48H;1H;. The topological polar surface area (TPSA) is 57.4 Å². The van der Waals surface area contributed by atoms with Crippen LogP contribution in [0.4, 0.5) is 0 Å². The molecule has 5 heterocycles. The summed E-state index contributed by atoms with van der Waals surface area (Å²) in [6.07, 6.45) is 6.35. The van der Waals surface area contributed by atoms with E-state index >= 15 is 0 Å². The van der Waals surface area contributed by atoms with Gasteiger partial charge in [-0.15, -0.1) is 12.4 Å². The second kappa shape index (κ2) is 14.0. The molecule has 0 fully saturated rings. The van der Waals surface area contributed by atoms with Crippen LogP contribution in [0.1, 0.15) is 28.3 Å². The third-order valence-corrected chi connectivity index (χ3v) is 8.89. The Hall–Kier alpha value is -5.70. The fraction of sp³-hybridized carbons (Fsp3) is 0. The smallest absolute Gasteiger partial charge is 0.0815 e. The Labute approximate surface area is 307 Å². The molecular weight excluding hydrogens is 672 g/mol. The number of rotatable bonds is 4. The molecule has 240 valence electrons. The van der Waals surface area contributed by atoms with Gasteiger partial charge in [0.1, 0.15) is 0 Å². The molecule has 8 bridgehead atoms. The number of nitrogens with one attached hydrogen (secondary N) is 2. The van der Waals surface area contributed by atoms with Crippen molar-refractivity contribution >= 4 is 58.3 Å². The van der Waals surface area contributed by atoms with Crippen LogP contribution >= 0.6 is 12.4 Å². The molecule has 0 atom stereocenters. The van der Waals surface area contributed by atoms with Gasteiger partial charge < -0.3 is 9.97 Å². The van der Waals surface area contributed by atoms with Gasteiger partial charge in [0.15, 0.2) is 0 Å². The minimum Gasteiger partial charge on any atom is -0.355 e. The van der Waals surface area contributed by atoms with Crippen LogP contribution in [0.3, 0.4) is 0 Å². The molecule has 2 aliphatic rings. The maximum Gasteiger partial charge on any atom is 0.0815 e. The first-order valence-corrected chi connectivity index (χ1v) is 16.2. The second-order valence-electron chi connectivity index (χ2n) is 12.0. The fourth-order valence-corrected chi connectivity index (χ4v) is 6.78. The van der Waals surface area contributed by atoms with Crippen molar-refractivity contribution in [1.29, 1.82) is 0 Å². The number of aromatic amines is 2. The van der Waals surface area contributed by atoms with Gasteiger partial charge in [-0.2, -0.15) is 0 Å². The van der Waals surface area contributed by atoms with Crippen LogP contribution in [0, 0.1) is 0 Å². The Balaban J connectivity index is 0.00000196. The number of aromatic nitrogens is 4. The summed E-state index contributed by atoms with van der Waals surface area (Å²) in [5.74, 6) is 0. The molecule has 0 unspecified atom stereocenters. The summed E-state index contributed by atoms with van der Waals surface area (Å²) in [5, 5.41) is 0. The first kappa shape index (κ1) is 32.8. The monoisotopic (exact) mass is 702 g/mol. The molecule has 6 heteroatoms. The van der Waals surface area contributed by atoms with Crippen LogP contribution in [0.25, 0.3) is 79.2 Å². The number of benzene rings is 4. The number of fused-ring (bicyclic) bond motifs is 8. The van der Waals surface area contributed by atoms with Crippen molar-refractivity contribution in [3.05, 3.63) is 180 Å². The molecule has 50 heavy (non-hydrogen) atoms. The van der Waals surface area contributed by atoms with Crippen LogP contribution < -0.4 is 0 Å². The number of halogens is 1. The van der Waals surface area contributed by atoms with Gasteiger partial charge in [-0.3, -0.25) is 0 Å². The molecule has 2 aliphatic heterocycles. The summed E-state index contributed by atoms with van der Waals surface area (Å²) in [5.41, 5.74) is 16.3. The molecule has 0 aliphatic carbocycles. The molecular formula is C44H31ClCrN4. The van der Waals surface area contributed by atoms with E-state index in [1.807, 2.05) is 0 Å². The first-order chi connectivity index (χ1) is 23.8. The minimum atomic E-state index is 0. The van der Waals surface area contributed by atoms with Crippen molar-refractivity contribution < 1.29 is 17.4 Å². The largest absolute Gasteiger partial charge is 0.355 e. The van der Waals surface area contributed by atoms with Crippen LogP contribution in [0.5, 0.6) is 0 Å².